The maximum atomic E-state index is 12.5. The number of nitrogens with one attached hydrogen (secondary N) is 2. The average molecular weight is 383 g/mol. The second-order valence-corrected chi connectivity index (χ2v) is 6.20. The van der Waals surface area contributed by atoms with Crippen LogP contribution in [0.1, 0.15) is 12.0 Å². The van der Waals surface area contributed by atoms with E-state index in [0.29, 0.717) is 4.57 Å². The van der Waals surface area contributed by atoms with E-state index >= 15 is 0 Å². The predicted molar refractivity (Wildman–Crippen MR) is 80.9 cm³/mol. The monoisotopic (exact) mass is 382 g/mol. The number of rotatable bonds is 3. The molecule has 6 nitrogen and oxygen atoms in total. The molecule has 2 heterocycles. The molecule has 0 spiro atoms. The van der Waals surface area contributed by atoms with Crippen molar-refractivity contribution < 1.29 is 18.0 Å². The standard InChI is InChI=1S/C13H11Cl2F3N4O2/c14-8-2-9(21-10(8)15)11(23)20-7-1-6(3-19)12(24)22(4-7)5-13(16,17)18/h1,4,8-10,21H,2,5H2,(H,20,23). The van der Waals surface area contributed by atoms with Gasteiger partial charge in [0, 0.05) is 6.20 Å². The van der Waals surface area contributed by atoms with Crippen LogP contribution >= 0.6 is 23.2 Å². The van der Waals surface area contributed by atoms with Gasteiger partial charge in [0.05, 0.1) is 22.6 Å². The molecule has 1 saturated heterocycles. The third kappa shape index (κ3) is 4.41. The van der Waals surface area contributed by atoms with E-state index in [2.05, 4.69) is 10.6 Å². The van der Waals surface area contributed by atoms with E-state index in [-0.39, 0.29) is 12.1 Å². The normalized spacial score (nSPS) is 23.8. The van der Waals surface area contributed by atoms with Crippen LogP contribution in [0.15, 0.2) is 17.1 Å². The number of pyridine rings is 1. The number of amides is 1. The van der Waals surface area contributed by atoms with Crippen molar-refractivity contribution in [2.75, 3.05) is 5.32 Å². The minimum atomic E-state index is -4.65. The van der Waals surface area contributed by atoms with Gasteiger partial charge in [0.1, 0.15) is 18.2 Å². The zero-order chi connectivity index (χ0) is 18.1. The second kappa shape index (κ2) is 7.01. The van der Waals surface area contributed by atoms with Gasteiger partial charge >= 0.3 is 6.18 Å². The number of hydrogen-bond donors (Lipinski definition) is 2. The molecular weight excluding hydrogens is 372 g/mol. The molecule has 130 valence electrons. The number of carbonyl (C=O) groups is 1. The number of hydrogen-bond acceptors (Lipinski definition) is 4. The highest BCUT2D eigenvalue weighted by Crippen LogP contribution is 2.23. The molecule has 0 saturated carbocycles. The minimum Gasteiger partial charge on any atom is -0.323 e. The molecule has 0 bridgehead atoms. The zero-order valence-electron chi connectivity index (χ0n) is 11.9. The van der Waals surface area contributed by atoms with E-state index in [1.54, 1.807) is 0 Å². The summed E-state index contributed by atoms with van der Waals surface area (Å²) in [5.41, 5.74) is -2.32. The zero-order valence-corrected chi connectivity index (χ0v) is 13.4. The highest BCUT2D eigenvalue weighted by molar-refractivity contribution is 6.30. The third-order valence-corrected chi connectivity index (χ3v) is 4.27. The van der Waals surface area contributed by atoms with Gasteiger partial charge in [-0.05, 0) is 12.5 Å². The van der Waals surface area contributed by atoms with Crippen molar-refractivity contribution in [2.24, 2.45) is 0 Å². The summed E-state index contributed by atoms with van der Waals surface area (Å²) in [4.78, 5) is 23.8. The van der Waals surface area contributed by atoms with Crippen molar-refractivity contribution in [2.45, 2.75) is 36.1 Å². The average Bonchev–Trinajstić information content (AvgIpc) is 2.80. The quantitative estimate of drug-likeness (QED) is 0.615. The molecule has 24 heavy (non-hydrogen) atoms. The number of carbonyl (C=O) groups excluding carboxylic acids is 1. The number of anilines is 1. The van der Waals surface area contributed by atoms with Gasteiger partial charge in [-0.1, -0.05) is 0 Å². The van der Waals surface area contributed by atoms with Crippen molar-refractivity contribution in [3.8, 4) is 6.07 Å². The first-order valence-corrected chi connectivity index (χ1v) is 7.54. The van der Waals surface area contributed by atoms with Crippen LogP contribution in [0.25, 0.3) is 0 Å². The summed E-state index contributed by atoms with van der Waals surface area (Å²) in [5, 5.41) is 13.5. The van der Waals surface area contributed by atoms with E-state index < -0.39 is 46.7 Å². The smallest absolute Gasteiger partial charge is 0.323 e. The molecule has 0 aromatic carbocycles. The van der Waals surface area contributed by atoms with Gasteiger partial charge < -0.3 is 9.88 Å². The van der Waals surface area contributed by atoms with Crippen LogP contribution in [0.4, 0.5) is 18.9 Å². The van der Waals surface area contributed by atoms with Crippen LogP contribution < -0.4 is 16.2 Å². The first-order chi connectivity index (χ1) is 11.1. The second-order valence-electron chi connectivity index (χ2n) is 5.16. The molecule has 1 aliphatic rings. The van der Waals surface area contributed by atoms with E-state index in [0.717, 1.165) is 12.3 Å². The SMILES string of the molecule is N#Cc1cc(NC(=O)C2CC(Cl)C(Cl)N2)cn(CC(F)(F)F)c1=O. The Hall–Kier alpha value is -1.76. The fourth-order valence-corrected chi connectivity index (χ4v) is 2.72. The van der Waals surface area contributed by atoms with Crippen molar-refractivity contribution in [3.05, 3.63) is 28.2 Å². The highest BCUT2D eigenvalue weighted by atomic mass is 35.5. The molecule has 1 aromatic heterocycles. The summed E-state index contributed by atoms with van der Waals surface area (Å²) in [6.07, 6.45) is -3.58. The molecule has 1 amide bonds. The molecule has 3 atom stereocenters. The Morgan fingerprint density at radius 1 is 1.50 bits per heavy atom. The first kappa shape index (κ1) is 18.6. The Labute approximate surface area is 144 Å². The van der Waals surface area contributed by atoms with Crippen molar-refractivity contribution >= 4 is 34.8 Å². The molecule has 11 heteroatoms. The molecule has 1 aromatic rings. The lowest BCUT2D eigenvalue weighted by atomic mass is 10.2. The molecule has 0 radical (unpaired) electrons. The number of nitrogens with zero attached hydrogens (tertiary/aromatic N) is 2. The fraction of sp³-hybridized carbons (Fsp3) is 0.462. The van der Waals surface area contributed by atoms with Crippen LogP contribution in [0.3, 0.4) is 0 Å². The Balaban J connectivity index is 2.24. The van der Waals surface area contributed by atoms with Gasteiger partial charge in [0.15, 0.2) is 0 Å². The van der Waals surface area contributed by atoms with E-state index in [1.807, 2.05) is 0 Å². The van der Waals surface area contributed by atoms with Gasteiger partial charge in [-0.25, -0.2) is 0 Å². The number of halogens is 5. The van der Waals surface area contributed by atoms with Crippen LogP contribution in [0.5, 0.6) is 0 Å². The largest absolute Gasteiger partial charge is 0.406 e. The summed E-state index contributed by atoms with van der Waals surface area (Å²) in [7, 11) is 0. The van der Waals surface area contributed by atoms with Crippen molar-refractivity contribution in [1.82, 2.24) is 9.88 Å². The van der Waals surface area contributed by atoms with Crippen molar-refractivity contribution in [1.29, 1.82) is 5.26 Å². The summed E-state index contributed by atoms with van der Waals surface area (Å²) in [6.45, 7) is -1.57. The lowest BCUT2D eigenvalue weighted by molar-refractivity contribution is -0.141. The topological polar surface area (TPSA) is 86.9 Å². The van der Waals surface area contributed by atoms with Gasteiger partial charge in [-0.15, -0.1) is 23.2 Å². The Morgan fingerprint density at radius 2 is 2.17 bits per heavy atom. The number of aromatic nitrogens is 1. The molecule has 2 N–H and O–H groups in total. The van der Waals surface area contributed by atoms with Crippen LogP contribution in [0, 0.1) is 11.3 Å². The van der Waals surface area contributed by atoms with Crippen LogP contribution in [-0.2, 0) is 11.3 Å². The molecule has 0 aliphatic carbocycles. The van der Waals surface area contributed by atoms with Gasteiger partial charge in [-0.2, -0.15) is 18.4 Å². The lowest BCUT2D eigenvalue weighted by Crippen LogP contribution is -2.38. The maximum absolute atomic E-state index is 12.5. The van der Waals surface area contributed by atoms with E-state index in [1.165, 1.54) is 6.07 Å². The first-order valence-electron chi connectivity index (χ1n) is 6.67. The van der Waals surface area contributed by atoms with Gasteiger partial charge in [-0.3, -0.25) is 14.9 Å². The van der Waals surface area contributed by atoms with Crippen molar-refractivity contribution in [3.63, 3.8) is 0 Å². The van der Waals surface area contributed by atoms with Crippen LogP contribution in [0.2, 0.25) is 0 Å². The van der Waals surface area contributed by atoms with Gasteiger partial charge in [0.2, 0.25) is 5.91 Å². The lowest BCUT2D eigenvalue weighted by Gasteiger charge is -2.14. The summed E-state index contributed by atoms with van der Waals surface area (Å²) >= 11 is 11.7. The predicted octanol–water partition coefficient (Wildman–Crippen LogP) is 1.75. The fourth-order valence-electron chi connectivity index (χ4n) is 2.22. The molecule has 1 fully saturated rings. The molecule has 1 aliphatic heterocycles. The van der Waals surface area contributed by atoms with E-state index in [9.17, 15) is 22.8 Å². The molecule has 2 rings (SSSR count). The Morgan fingerprint density at radius 3 is 2.67 bits per heavy atom. The van der Waals surface area contributed by atoms with Crippen LogP contribution in [-0.4, -0.2) is 33.6 Å². The molecular formula is C13H11Cl2F3N4O2. The Bertz CT molecular complexity index is 734. The minimum absolute atomic E-state index is 0.105. The Kier molecular flexibility index (Phi) is 5.42. The summed E-state index contributed by atoms with van der Waals surface area (Å²) in [5.74, 6) is -0.579. The number of nitriles is 1. The summed E-state index contributed by atoms with van der Waals surface area (Å²) < 4.78 is 37.9. The molecule has 3 unspecified atom stereocenters. The number of alkyl halides is 5. The van der Waals surface area contributed by atoms with Gasteiger partial charge in [0.25, 0.3) is 5.56 Å². The maximum Gasteiger partial charge on any atom is 0.406 e. The summed E-state index contributed by atoms with van der Waals surface area (Å²) in [6, 6.07) is 1.79. The highest BCUT2D eigenvalue weighted by Gasteiger charge is 2.35. The van der Waals surface area contributed by atoms with E-state index in [4.69, 9.17) is 28.5 Å². The third-order valence-electron chi connectivity index (χ3n) is 3.28.